The summed E-state index contributed by atoms with van der Waals surface area (Å²) < 4.78 is 4.92. The number of H-pyrrole nitrogens is 1. The van der Waals surface area contributed by atoms with E-state index in [2.05, 4.69) is 47.5 Å². The molecule has 2 aromatic heterocycles. The average molecular weight is 281 g/mol. The van der Waals surface area contributed by atoms with Gasteiger partial charge in [0.05, 0.1) is 11.7 Å². The number of fused-ring (bicyclic) bond motifs is 1. The molecule has 0 aliphatic rings. The Morgan fingerprint density at radius 3 is 2.53 bits per heavy atom. The van der Waals surface area contributed by atoms with Crippen LogP contribution in [0.2, 0.25) is 0 Å². The summed E-state index contributed by atoms with van der Waals surface area (Å²) >= 11 is 5.52. The van der Waals surface area contributed by atoms with Gasteiger partial charge in [0.2, 0.25) is 0 Å². The molecule has 1 atom stereocenters. The van der Waals surface area contributed by atoms with E-state index in [0.29, 0.717) is 12.0 Å². The molecule has 0 aliphatic carbocycles. The highest BCUT2D eigenvalue weighted by Crippen LogP contribution is 2.26. The smallest absolute Gasteiger partial charge is 0.179 e. The molecule has 0 amide bonds. The summed E-state index contributed by atoms with van der Waals surface area (Å²) in [6.07, 6.45) is 0. The molecule has 1 N–H and O–H groups in total. The first-order valence-electron chi connectivity index (χ1n) is 6.61. The Kier molecular flexibility index (Phi) is 3.82. The van der Waals surface area contributed by atoms with Crippen molar-refractivity contribution in [3.63, 3.8) is 0 Å². The Morgan fingerprint density at radius 1 is 1.37 bits per heavy atom. The lowest BCUT2D eigenvalue weighted by Gasteiger charge is -2.26. The zero-order valence-corrected chi connectivity index (χ0v) is 13.4. The molecule has 0 bridgehead atoms. The lowest BCUT2D eigenvalue weighted by molar-refractivity contribution is 0.270. The van der Waals surface area contributed by atoms with Crippen LogP contribution in [0.25, 0.3) is 11.2 Å². The van der Waals surface area contributed by atoms with Crippen LogP contribution in [0.4, 0.5) is 0 Å². The molecule has 19 heavy (non-hydrogen) atoms. The van der Waals surface area contributed by atoms with E-state index in [0.717, 1.165) is 28.2 Å². The number of aromatic amines is 1. The van der Waals surface area contributed by atoms with E-state index in [-0.39, 0.29) is 0 Å². The van der Waals surface area contributed by atoms with Crippen molar-refractivity contribution in [2.75, 3.05) is 20.6 Å². The van der Waals surface area contributed by atoms with Gasteiger partial charge in [-0.1, -0.05) is 13.8 Å². The lowest BCUT2D eigenvalue weighted by atomic mass is 10.0. The van der Waals surface area contributed by atoms with Gasteiger partial charge in [-0.2, -0.15) is 5.10 Å². The van der Waals surface area contributed by atoms with Gasteiger partial charge in [-0.15, -0.1) is 0 Å². The third-order valence-corrected chi connectivity index (χ3v) is 3.82. The number of aryl methyl sites for hydroxylation is 2. The number of hydrogen-bond acceptors (Lipinski definition) is 3. The molecule has 1 unspecified atom stereocenters. The summed E-state index contributed by atoms with van der Waals surface area (Å²) in [6, 6.07) is 0.339. The van der Waals surface area contributed by atoms with Gasteiger partial charge in [0.15, 0.2) is 10.4 Å². The highest BCUT2D eigenvalue weighted by Gasteiger charge is 2.22. The molecule has 0 radical (unpaired) electrons. The fourth-order valence-corrected chi connectivity index (χ4v) is 2.93. The molecule has 0 fully saturated rings. The highest BCUT2D eigenvalue weighted by atomic mass is 32.1. The molecule has 0 spiro atoms. The number of likely N-dealkylation sites (N-methyl/N-ethyl adjacent to an activating group) is 1. The second kappa shape index (κ2) is 5.09. The lowest BCUT2D eigenvalue weighted by Crippen LogP contribution is -2.28. The largest absolute Gasteiger partial charge is 0.328 e. The van der Waals surface area contributed by atoms with Crippen molar-refractivity contribution in [1.29, 1.82) is 0 Å². The summed E-state index contributed by atoms with van der Waals surface area (Å²) in [5.41, 5.74) is 3.13. The quantitative estimate of drug-likeness (QED) is 0.876. The van der Waals surface area contributed by atoms with Gasteiger partial charge < -0.3 is 9.88 Å². The number of aromatic nitrogens is 4. The van der Waals surface area contributed by atoms with Crippen molar-refractivity contribution >= 4 is 23.4 Å². The van der Waals surface area contributed by atoms with Crippen LogP contribution in [-0.4, -0.2) is 44.9 Å². The predicted molar refractivity (Wildman–Crippen MR) is 81.1 cm³/mol. The Morgan fingerprint density at radius 2 is 2.00 bits per heavy atom. The summed E-state index contributed by atoms with van der Waals surface area (Å²) in [4.78, 5) is 5.50. The SMILES string of the molecule is Cc1nn(C)c2c1[nH]c(=S)n2C(CN(C)C)C(C)C. The maximum absolute atomic E-state index is 5.52. The van der Waals surface area contributed by atoms with Gasteiger partial charge in [-0.05, 0) is 39.2 Å². The van der Waals surface area contributed by atoms with Crippen LogP contribution in [-0.2, 0) is 7.05 Å². The first kappa shape index (κ1) is 14.3. The molecule has 106 valence electrons. The van der Waals surface area contributed by atoms with Crippen molar-refractivity contribution < 1.29 is 0 Å². The Bertz CT molecular complexity index is 631. The van der Waals surface area contributed by atoms with Crippen molar-refractivity contribution in [2.45, 2.75) is 26.8 Å². The second-order valence-electron chi connectivity index (χ2n) is 5.78. The van der Waals surface area contributed by atoms with Gasteiger partial charge in [0.1, 0.15) is 5.52 Å². The van der Waals surface area contributed by atoms with Crippen LogP contribution in [0.3, 0.4) is 0 Å². The van der Waals surface area contributed by atoms with Crippen LogP contribution >= 0.6 is 12.2 Å². The average Bonchev–Trinajstić information content (AvgIpc) is 2.74. The van der Waals surface area contributed by atoms with Crippen molar-refractivity contribution in [1.82, 2.24) is 24.2 Å². The molecule has 2 aromatic rings. The molecule has 0 saturated heterocycles. The molecule has 2 heterocycles. The van der Waals surface area contributed by atoms with E-state index in [1.165, 1.54) is 0 Å². The zero-order valence-electron chi connectivity index (χ0n) is 12.6. The first-order chi connectivity index (χ1) is 8.82. The van der Waals surface area contributed by atoms with E-state index < -0.39 is 0 Å². The van der Waals surface area contributed by atoms with Crippen LogP contribution in [0, 0.1) is 17.6 Å². The highest BCUT2D eigenvalue weighted by molar-refractivity contribution is 7.71. The van der Waals surface area contributed by atoms with Crippen molar-refractivity contribution in [3.05, 3.63) is 10.5 Å². The molecule has 6 heteroatoms. The molecular weight excluding hydrogens is 258 g/mol. The number of imidazole rings is 1. The van der Waals surface area contributed by atoms with E-state index in [1.807, 2.05) is 18.7 Å². The summed E-state index contributed by atoms with van der Waals surface area (Å²) in [5, 5.41) is 4.48. The fraction of sp³-hybridized carbons (Fsp3) is 0.692. The molecular formula is C13H23N5S. The van der Waals surface area contributed by atoms with Gasteiger partial charge >= 0.3 is 0 Å². The first-order valence-corrected chi connectivity index (χ1v) is 7.02. The number of nitrogens with zero attached hydrogens (tertiary/aromatic N) is 4. The molecule has 2 rings (SSSR count). The number of rotatable bonds is 4. The van der Waals surface area contributed by atoms with Crippen LogP contribution in [0.5, 0.6) is 0 Å². The summed E-state index contributed by atoms with van der Waals surface area (Å²) in [6.45, 7) is 7.44. The van der Waals surface area contributed by atoms with Gasteiger partial charge in [0, 0.05) is 13.6 Å². The van der Waals surface area contributed by atoms with Crippen molar-refractivity contribution in [3.8, 4) is 0 Å². The van der Waals surface area contributed by atoms with Crippen LogP contribution < -0.4 is 0 Å². The van der Waals surface area contributed by atoms with Gasteiger partial charge in [-0.3, -0.25) is 9.25 Å². The van der Waals surface area contributed by atoms with Gasteiger partial charge in [0.25, 0.3) is 0 Å². The molecule has 0 saturated carbocycles. The Labute approximate surface area is 119 Å². The monoisotopic (exact) mass is 281 g/mol. The number of nitrogens with one attached hydrogen (secondary N) is 1. The molecule has 0 aliphatic heterocycles. The standard InChI is InChI=1S/C13H23N5S/c1-8(2)10(7-16(4)5)18-12-11(14-13(18)19)9(3)15-17(12)6/h8,10H,7H2,1-6H3,(H,14,19). The van der Waals surface area contributed by atoms with E-state index in [9.17, 15) is 0 Å². The zero-order chi connectivity index (χ0) is 14.3. The van der Waals surface area contributed by atoms with Gasteiger partial charge in [-0.25, -0.2) is 0 Å². The van der Waals surface area contributed by atoms with Crippen molar-refractivity contribution in [2.24, 2.45) is 13.0 Å². The fourth-order valence-electron chi connectivity index (χ4n) is 2.60. The minimum absolute atomic E-state index is 0.339. The number of hydrogen-bond donors (Lipinski definition) is 1. The maximum atomic E-state index is 5.52. The maximum Gasteiger partial charge on any atom is 0.179 e. The summed E-state index contributed by atoms with van der Waals surface area (Å²) in [7, 11) is 6.16. The van der Waals surface area contributed by atoms with E-state index in [1.54, 1.807) is 0 Å². The van der Waals surface area contributed by atoms with E-state index in [4.69, 9.17) is 12.2 Å². The normalized spacial score (nSPS) is 13.9. The summed E-state index contributed by atoms with van der Waals surface area (Å²) in [5.74, 6) is 0.503. The second-order valence-corrected chi connectivity index (χ2v) is 6.17. The Hall–Kier alpha value is -1.14. The predicted octanol–water partition coefficient (Wildman–Crippen LogP) is 2.50. The minimum Gasteiger partial charge on any atom is -0.328 e. The topological polar surface area (TPSA) is 41.8 Å². The third kappa shape index (κ3) is 2.47. The van der Waals surface area contributed by atoms with Crippen LogP contribution in [0.1, 0.15) is 25.6 Å². The van der Waals surface area contributed by atoms with E-state index >= 15 is 0 Å². The van der Waals surface area contributed by atoms with Crippen LogP contribution in [0.15, 0.2) is 0 Å². The third-order valence-electron chi connectivity index (χ3n) is 3.52. The Balaban J connectivity index is 2.65. The molecule has 0 aromatic carbocycles. The molecule has 5 nitrogen and oxygen atoms in total. The minimum atomic E-state index is 0.339.